The van der Waals surface area contributed by atoms with Crippen molar-refractivity contribution in [3.05, 3.63) is 30.1 Å². The van der Waals surface area contributed by atoms with Crippen molar-refractivity contribution in [2.75, 3.05) is 6.61 Å². The summed E-state index contributed by atoms with van der Waals surface area (Å²) in [6.45, 7) is 7.91. The molecular formula is C20H37NOSn. The predicted octanol–water partition coefficient (Wildman–Crippen LogP) is 6.38. The van der Waals surface area contributed by atoms with Gasteiger partial charge in [0.1, 0.15) is 0 Å². The molecule has 0 unspecified atom stereocenters. The van der Waals surface area contributed by atoms with Gasteiger partial charge in [0.2, 0.25) is 0 Å². The molecule has 0 spiro atoms. The van der Waals surface area contributed by atoms with Crippen molar-refractivity contribution in [3.8, 4) is 0 Å². The molecule has 0 aliphatic rings. The molecule has 0 aliphatic carbocycles. The maximum atomic E-state index is 6.74. The summed E-state index contributed by atoms with van der Waals surface area (Å²) in [5.41, 5.74) is 1.20. The van der Waals surface area contributed by atoms with Crippen molar-refractivity contribution in [3.63, 3.8) is 0 Å². The second-order valence-corrected chi connectivity index (χ2v) is 18.6. The SMILES string of the molecule is CCC[CH2][Sn]([CH2]CCC)([CH2]CCC)[O]CCCc1ccccn1. The summed E-state index contributed by atoms with van der Waals surface area (Å²) >= 11 is -2.36. The Morgan fingerprint density at radius 1 is 0.870 bits per heavy atom. The van der Waals surface area contributed by atoms with Crippen molar-refractivity contribution in [1.29, 1.82) is 0 Å². The van der Waals surface area contributed by atoms with Gasteiger partial charge in [-0.15, -0.1) is 0 Å². The van der Waals surface area contributed by atoms with Crippen molar-refractivity contribution in [1.82, 2.24) is 4.98 Å². The Hall–Kier alpha value is -0.0913. The molecule has 1 aromatic heterocycles. The summed E-state index contributed by atoms with van der Waals surface area (Å²) in [6.07, 6.45) is 12.1. The van der Waals surface area contributed by atoms with Gasteiger partial charge in [-0.25, -0.2) is 0 Å². The minimum absolute atomic E-state index is 0.962. The first-order valence-electron chi connectivity index (χ1n) is 9.80. The van der Waals surface area contributed by atoms with E-state index >= 15 is 0 Å². The zero-order valence-corrected chi connectivity index (χ0v) is 18.5. The summed E-state index contributed by atoms with van der Waals surface area (Å²) in [4.78, 5) is 4.42. The zero-order valence-electron chi connectivity index (χ0n) is 15.7. The van der Waals surface area contributed by atoms with E-state index in [0.717, 1.165) is 19.4 Å². The molecule has 132 valence electrons. The Morgan fingerprint density at radius 2 is 1.48 bits per heavy atom. The molecule has 1 aromatic rings. The van der Waals surface area contributed by atoms with Crippen LogP contribution in [-0.4, -0.2) is 30.4 Å². The standard InChI is InChI=1S/C8H10NO.3C4H9.Sn/c10-7-3-5-8-4-1-2-6-9-8;3*1-3-4-2;/h1-2,4,6H,3,5,7H2;3*1,3-4H2,2H3;/q-1;;;;+1. The van der Waals surface area contributed by atoms with E-state index in [4.69, 9.17) is 3.07 Å². The number of pyridine rings is 1. The van der Waals surface area contributed by atoms with Crippen molar-refractivity contribution < 1.29 is 3.07 Å². The van der Waals surface area contributed by atoms with Gasteiger partial charge in [0.25, 0.3) is 0 Å². The molecule has 2 nitrogen and oxygen atoms in total. The minimum atomic E-state index is -2.36. The molecule has 0 saturated heterocycles. The number of hydrogen-bond acceptors (Lipinski definition) is 2. The summed E-state index contributed by atoms with van der Waals surface area (Å²) < 4.78 is 11.1. The number of aromatic nitrogens is 1. The second-order valence-electron chi connectivity index (χ2n) is 6.77. The third-order valence-corrected chi connectivity index (χ3v) is 17.8. The average Bonchev–Trinajstić information content (AvgIpc) is 2.60. The molecule has 1 rings (SSSR count). The van der Waals surface area contributed by atoms with E-state index in [1.807, 2.05) is 12.3 Å². The van der Waals surface area contributed by atoms with Crippen LogP contribution < -0.4 is 0 Å². The molecule has 0 aliphatic heterocycles. The molecule has 0 fully saturated rings. The summed E-state index contributed by atoms with van der Waals surface area (Å²) in [5, 5.41) is 0. The summed E-state index contributed by atoms with van der Waals surface area (Å²) in [6, 6.07) is 6.19. The fourth-order valence-electron chi connectivity index (χ4n) is 3.18. The second kappa shape index (κ2) is 13.2. The van der Waals surface area contributed by atoms with Crippen molar-refractivity contribution in [2.24, 2.45) is 0 Å². The van der Waals surface area contributed by atoms with Crippen LogP contribution in [0.15, 0.2) is 24.4 Å². The monoisotopic (exact) mass is 427 g/mol. The molecule has 0 bridgehead atoms. The molecule has 3 heteroatoms. The maximum absolute atomic E-state index is 6.74. The molecule has 0 saturated carbocycles. The average molecular weight is 426 g/mol. The Balaban J connectivity index is 2.50. The van der Waals surface area contributed by atoms with Crippen LogP contribution in [0.5, 0.6) is 0 Å². The molecule has 0 N–H and O–H groups in total. The first kappa shape index (κ1) is 21.0. The Morgan fingerprint density at radius 3 is 1.96 bits per heavy atom. The van der Waals surface area contributed by atoms with Gasteiger partial charge >= 0.3 is 149 Å². The first-order valence-corrected chi connectivity index (χ1v) is 17.0. The van der Waals surface area contributed by atoms with Gasteiger partial charge in [-0.3, -0.25) is 0 Å². The van der Waals surface area contributed by atoms with Gasteiger partial charge in [-0.05, 0) is 0 Å². The normalized spacial score (nSPS) is 11.8. The van der Waals surface area contributed by atoms with Crippen molar-refractivity contribution >= 4 is 18.8 Å². The van der Waals surface area contributed by atoms with E-state index < -0.39 is 18.8 Å². The van der Waals surface area contributed by atoms with Gasteiger partial charge in [0.05, 0.1) is 0 Å². The van der Waals surface area contributed by atoms with E-state index in [0.29, 0.717) is 0 Å². The van der Waals surface area contributed by atoms with Crippen LogP contribution in [0.1, 0.15) is 71.4 Å². The molecule has 0 atom stereocenters. The zero-order chi connectivity index (χ0) is 16.8. The fraction of sp³-hybridized carbons (Fsp3) is 0.750. The van der Waals surface area contributed by atoms with Crippen LogP contribution in [-0.2, 0) is 9.49 Å². The van der Waals surface area contributed by atoms with E-state index in [1.54, 1.807) is 0 Å². The number of aryl methyl sites for hydroxylation is 1. The molecule has 0 radical (unpaired) electrons. The van der Waals surface area contributed by atoms with Crippen LogP contribution in [0.4, 0.5) is 0 Å². The fourth-order valence-corrected chi connectivity index (χ4v) is 16.7. The molecular weight excluding hydrogens is 389 g/mol. The molecule has 0 aromatic carbocycles. The van der Waals surface area contributed by atoms with Gasteiger partial charge < -0.3 is 0 Å². The third-order valence-electron chi connectivity index (χ3n) is 4.67. The van der Waals surface area contributed by atoms with Crippen LogP contribution >= 0.6 is 0 Å². The number of nitrogens with zero attached hydrogens (tertiary/aromatic N) is 1. The van der Waals surface area contributed by atoms with Gasteiger partial charge in [-0.1, -0.05) is 0 Å². The topological polar surface area (TPSA) is 22.1 Å². The van der Waals surface area contributed by atoms with Crippen LogP contribution in [0.3, 0.4) is 0 Å². The quantitative estimate of drug-likeness (QED) is 0.255. The third kappa shape index (κ3) is 9.09. The Kier molecular flexibility index (Phi) is 12.1. The predicted molar refractivity (Wildman–Crippen MR) is 103 cm³/mol. The van der Waals surface area contributed by atoms with Gasteiger partial charge in [0.15, 0.2) is 0 Å². The van der Waals surface area contributed by atoms with Crippen LogP contribution in [0, 0.1) is 0 Å². The van der Waals surface area contributed by atoms with E-state index in [9.17, 15) is 0 Å². The van der Waals surface area contributed by atoms with Crippen LogP contribution in [0.25, 0.3) is 0 Å². The molecule has 0 amide bonds. The van der Waals surface area contributed by atoms with Crippen LogP contribution in [0.2, 0.25) is 13.3 Å². The Bertz CT molecular complexity index is 361. The first-order chi connectivity index (χ1) is 11.3. The number of hydrogen-bond donors (Lipinski definition) is 0. The summed E-state index contributed by atoms with van der Waals surface area (Å²) in [7, 11) is 0. The summed E-state index contributed by atoms with van der Waals surface area (Å²) in [5.74, 6) is 0. The number of rotatable bonds is 14. The van der Waals surface area contributed by atoms with E-state index in [-0.39, 0.29) is 0 Å². The van der Waals surface area contributed by atoms with E-state index in [1.165, 1.54) is 57.5 Å². The van der Waals surface area contributed by atoms with Crippen molar-refractivity contribution in [2.45, 2.75) is 85.4 Å². The van der Waals surface area contributed by atoms with Gasteiger partial charge in [-0.2, -0.15) is 0 Å². The van der Waals surface area contributed by atoms with E-state index in [2.05, 4.69) is 37.9 Å². The molecule has 23 heavy (non-hydrogen) atoms. The van der Waals surface area contributed by atoms with Gasteiger partial charge in [0, 0.05) is 0 Å². The number of unbranched alkanes of at least 4 members (excludes halogenated alkanes) is 3. The Labute approximate surface area is 148 Å². The molecule has 1 heterocycles.